The quantitative estimate of drug-likeness (QED) is 0.195. The van der Waals surface area contributed by atoms with Crippen molar-refractivity contribution >= 4 is 92.1 Å². The van der Waals surface area contributed by atoms with Gasteiger partial charge in [-0.05, 0) is 81.2 Å². The zero-order chi connectivity index (χ0) is 30.9. The Labute approximate surface area is 275 Å². The lowest BCUT2D eigenvalue weighted by atomic mass is 9.98. The minimum Gasteiger partial charge on any atom is -0.454 e. The zero-order valence-electron chi connectivity index (χ0n) is 25.4. The van der Waals surface area contributed by atoms with E-state index in [1.54, 1.807) is 0 Å². The number of furan rings is 1. The van der Waals surface area contributed by atoms with Crippen molar-refractivity contribution in [3.05, 3.63) is 164 Å². The second-order valence-corrected chi connectivity index (χ2v) is 13.2. The molecule has 0 aliphatic carbocycles. The fraction of sp³-hybridized carbons (Fsp3) is 0. The summed E-state index contributed by atoms with van der Waals surface area (Å²) in [4.78, 5) is 2.35. The molecular weight excluding hydrogens is 591 g/mol. The third-order valence-corrected chi connectivity index (χ3v) is 10.6. The number of thiophene rings is 1. The third-order valence-electron chi connectivity index (χ3n) is 9.45. The van der Waals surface area contributed by atoms with Crippen molar-refractivity contribution in [2.45, 2.75) is 0 Å². The first-order chi connectivity index (χ1) is 23.3. The van der Waals surface area contributed by atoms with Gasteiger partial charge < -0.3 is 9.32 Å². The van der Waals surface area contributed by atoms with Crippen LogP contribution in [0.25, 0.3) is 74.8 Å². The van der Waals surface area contributed by atoms with Gasteiger partial charge >= 0.3 is 0 Å². The average molecular weight is 618 g/mol. The monoisotopic (exact) mass is 617 g/mol. The highest BCUT2D eigenvalue weighted by atomic mass is 32.1. The van der Waals surface area contributed by atoms with Crippen LogP contribution < -0.4 is 4.90 Å². The summed E-state index contributed by atoms with van der Waals surface area (Å²) in [6, 6.07) is 59.0. The Balaban J connectivity index is 1.21. The first kappa shape index (κ1) is 26.3. The number of benzene rings is 8. The molecular formula is C44H27NOS. The van der Waals surface area contributed by atoms with Crippen LogP contribution in [-0.4, -0.2) is 0 Å². The van der Waals surface area contributed by atoms with E-state index in [9.17, 15) is 0 Å². The molecule has 10 rings (SSSR count). The van der Waals surface area contributed by atoms with Crippen molar-refractivity contribution < 1.29 is 4.42 Å². The summed E-state index contributed by atoms with van der Waals surface area (Å²) in [6.07, 6.45) is 0. The minimum atomic E-state index is 0.882. The maximum Gasteiger partial charge on any atom is 0.159 e. The lowest BCUT2D eigenvalue weighted by Gasteiger charge is -2.26. The predicted octanol–water partition coefficient (Wildman–Crippen LogP) is 13.4. The van der Waals surface area contributed by atoms with Crippen LogP contribution in [0.2, 0.25) is 0 Å². The molecule has 220 valence electrons. The molecule has 0 spiro atoms. The largest absolute Gasteiger partial charge is 0.454 e. The van der Waals surface area contributed by atoms with E-state index in [0.29, 0.717) is 0 Å². The molecule has 0 fully saturated rings. The third kappa shape index (κ3) is 4.10. The molecule has 2 nitrogen and oxygen atoms in total. The van der Waals surface area contributed by atoms with Gasteiger partial charge in [-0.3, -0.25) is 0 Å². The zero-order valence-corrected chi connectivity index (χ0v) is 26.2. The first-order valence-electron chi connectivity index (χ1n) is 15.9. The van der Waals surface area contributed by atoms with Crippen LogP contribution >= 0.6 is 11.3 Å². The Bertz CT molecular complexity index is 2800. The highest BCUT2D eigenvalue weighted by molar-refractivity contribution is 7.26. The van der Waals surface area contributed by atoms with Gasteiger partial charge in [0.05, 0.1) is 5.69 Å². The van der Waals surface area contributed by atoms with Gasteiger partial charge in [-0.25, -0.2) is 0 Å². The predicted molar refractivity (Wildman–Crippen MR) is 202 cm³/mol. The van der Waals surface area contributed by atoms with Crippen molar-refractivity contribution in [3.63, 3.8) is 0 Å². The summed E-state index contributed by atoms with van der Waals surface area (Å²) in [7, 11) is 0. The molecule has 0 bridgehead atoms. The minimum absolute atomic E-state index is 0.882. The Kier molecular flexibility index (Phi) is 5.78. The smallest absolute Gasteiger partial charge is 0.159 e. The highest BCUT2D eigenvalue weighted by Crippen LogP contribution is 2.46. The van der Waals surface area contributed by atoms with Gasteiger partial charge in [0.2, 0.25) is 0 Å². The van der Waals surface area contributed by atoms with E-state index >= 15 is 0 Å². The molecule has 10 aromatic rings. The molecule has 0 aliphatic rings. The molecule has 0 N–H and O–H groups in total. The van der Waals surface area contributed by atoms with Crippen LogP contribution in [0.1, 0.15) is 0 Å². The number of anilines is 3. The maximum absolute atomic E-state index is 6.61. The summed E-state index contributed by atoms with van der Waals surface area (Å²) >= 11 is 1.86. The molecule has 47 heavy (non-hydrogen) atoms. The van der Waals surface area contributed by atoms with E-state index in [-0.39, 0.29) is 0 Å². The van der Waals surface area contributed by atoms with E-state index < -0.39 is 0 Å². The lowest BCUT2D eigenvalue weighted by molar-refractivity contribution is 0.669. The number of hydrogen-bond donors (Lipinski definition) is 0. The molecule has 0 saturated carbocycles. The maximum atomic E-state index is 6.61. The molecule has 8 aromatic carbocycles. The molecule has 0 saturated heterocycles. The molecule has 2 aromatic heterocycles. The molecule has 0 atom stereocenters. The van der Waals surface area contributed by atoms with Gasteiger partial charge in [-0.15, -0.1) is 11.3 Å². The highest BCUT2D eigenvalue weighted by Gasteiger charge is 2.21. The van der Waals surface area contributed by atoms with Crippen LogP contribution in [-0.2, 0) is 0 Å². The SMILES string of the molecule is c1ccc2c(-c3ccc(N(c4ccc5sc6ccc7ccccc7c6c5c4)c4cccc5c4oc4ccccc45)cc3)cccc2c1. The van der Waals surface area contributed by atoms with Crippen molar-refractivity contribution in [1.29, 1.82) is 0 Å². The summed E-state index contributed by atoms with van der Waals surface area (Å²) in [6.45, 7) is 0. The van der Waals surface area contributed by atoms with Gasteiger partial charge in [0.15, 0.2) is 5.58 Å². The summed E-state index contributed by atoms with van der Waals surface area (Å²) in [5.74, 6) is 0. The van der Waals surface area contributed by atoms with E-state index in [0.717, 1.165) is 39.0 Å². The lowest BCUT2D eigenvalue weighted by Crippen LogP contribution is -2.10. The van der Waals surface area contributed by atoms with Crippen LogP contribution in [0.4, 0.5) is 17.1 Å². The Morgan fingerprint density at radius 3 is 1.98 bits per heavy atom. The molecule has 3 heteroatoms. The van der Waals surface area contributed by atoms with E-state index in [2.05, 4.69) is 163 Å². The number of para-hydroxylation sites is 2. The Morgan fingerprint density at radius 2 is 1.11 bits per heavy atom. The fourth-order valence-corrected chi connectivity index (χ4v) is 8.38. The Morgan fingerprint density at radius 1 is 0.447 bits per heavy atom. The van der Waals surface area contributed by atoms with Crippen molar-refractivity contribution in [1.82, 2.24) is 0 Å². The van der Waals surface area contributed by atoms with Crippen molar-refractivity contribution in [2.75, 3.05) is 4.90 Å². The van der Waals surface area contributed by atoms with Crippen LogP contribution in [0, 0.1) is 0 Å². The van der Waals surface area contributed by atoms with E-state index in [1.807, 2.05) is 17.4 Å². The van der Waals surface area contributed by atoms with E-state index in [4.69, 9.17) is 4.42 Å². The van der Waals surface area contributed by atoms with Gasteiger partial charge in [-0.2, -0.15) is 0 Å². The first-order valence-corrected chi connectivity index (χ1v) is 16.7. The van der Waals surface area contributed by atoms with Crippen LogP contribution in [0.3, 0.4) is 0 Å². The van der Waals surface area contributed by atoms with Crippen molar-refractivity contribution in [2.24, 2.45) is 0 Å². The molecule has 0 unspecified atom stereocenters. The average Bonchev–Trinajstić information content (AvgIpc) is 3.71. The van der Waals surface area contributed by atoms with Gasteiger partial charge in [-0.1, -0.05) is 115 Å². The molecule has 2 heterocycles. The summed E-state index contributed by atoms with van der Waals surface area (Å²) in [5.41, 5.74) is 7.39. The molecule has 0 radical (unpaired) electrons. The molecule has 0 amide bonds. The van der Waals surface area contributed by atoms with Crippen LogP contribution in [0.5, 0.6) is 0 Å². The Hall–Kier alpha value is -5.90. The number of rotatable bonds is 4. The van der Waals surface area contributed by atoms with Gasteiger partial charge in [0.25, 0.3) is 0 Å². The standard InChI is InChI=1S/C44H27NOS/c1-3-12-33-28(9-1)11-7-15-34(33)30-19-22-31(23-20-30)45(39-17-8-16-37-36-14-5-6-18-40(36)46-44(37)39)32-24-26-41-38(27-32)43-35-13-4-2-10-29(35)21-25-42(43)47-41/h1-27H. The summed E-state index contributed by atoms with van der Waals surface area (Å²) in [5, 5.41) is 9.89. The number of hydrogen-bond acceptors (Lipinski definition) is 3. The van der Waals surface area contributed by atoms with Gasteiger partial charge in [0, 0.05) is 42.3 Å². The normalized spacial score (nSPS) is 11.8. The fourth-order valence-electron chi connectivity index (χ4n) is 7.28. The second-order valence-electron chi connectivity index (χ2n) is 12.1. The van der Waals surface area contributed by atoms with Gasteiger partial charge in [0.1, 0.15) is 5.58 Å². The summed E-state index contributed by atoms with van der Waals surface area (Å²) < 4.78 is 9.20. The topological polar surface area (TPSA) is 16.4 Å². The van der Waals surface area contributed by atoms with E-state index in [1.165, 1.54) is 52.8 Å². The van der Waals surface area contributed by atoms with Crippen molar-refractivity contribution in [3.8, 4) is 11.1 Å². The van der Waals surface area contributed by atoms with Crippen LogP contribution in [0.15, 0.2) is 168 Å². The number of fused-ring (bicyclic) bond motifs is 9. The number of nitrogens with zero attached hydrogens (tertiary/aromatic N) is 1. The second kappa shape index (κ2) is 10.3. The molecule has 0 aliphatic heterocycles.